The van der Waals surface area contributed by atoms with Crippen LogP contribution in [0.5, 0.6) is 0 Å². The van der Waals surface area contributed by atoms with Gasteiger partial charge < -0.3 is 9.64 Å². The zero-order valence-corrected chi connectivity index (χ0v) is 14.1. The van der Waals surface area contributed by atoms with Gasteiger partial charge in [0.1, 0.15) is 0 Å². The lowest BCUT2D eigenvalue weighted by atomic mass is 9.78. The lowest BCUT2D eigenvalue weighted by Gasteiger charge is -2.44. The number of ether oxygens (including phenoxy) is 1. The van der Waals surface area contributed by atoms with Crippen molar-refractivity contribution in [3.05, 3.63) is 39.9 Å². The van der Waals surface area contributed by atoms with E-state index in [0.29, 0.717) is 12.5 Å². The highest BCUT2D eigenvalue weighted by atomic mass is 16.6. The van der Waals surface area contributed by atoms with Crippen LogP contribution in [0.4, 0.5) is 5.69 Å². The van der Waals surface area contributed by atoms with Crippen molar-refractivity contribution in [2.45, 2.75) is 44.6 Å². The fourth-order valence-electron chi connectivity index (χ4n) is 3.97. The predicted octanol–water partition coefficient (Wildman–Crippen LogP) is 2.93. The summed E-state index contributed by atoms with van der Waals surface area (Å²) in [6, 6.07) is 5.60. The first-order valence-corrected chi connectivity index (χ1v) is 8.77. The van der Waals surface area contributed by atoms with Crippen LogP contribution < -0.4 is 0 Å². The SMILES string of the molecule is O=C(OCC(=O)N1CCC[C@H]2CCCC[C@@H]21)c1cccc([N+](=O)[O-])c1. The quantitative estimate of drug-likeness (QED) is 0.475. The van der Waals surface area contributed by atoms with E-state index in [2.05, 4.69) is 0 Å². The first kappa shape index (κ1) is 17.4. The van der Waals surface area contributed by atoms with Crippen LogP contribution in [0.1, 0.15) is 48.9 Å². The average Bonchev–Trinajstić information content (AvgIpc) is 2.65. The van der Waals surface area contributed by atoms with Crippen LogP contribution in [0, 0.1) is 16.0 Å². The molecule has 1 saturated heterocycles. The Kier molecular flexibility index (Phi) is 5.31. The summed E-state index contributed by atoms with van der Waals surface area (Å²) in [7, 11) is 0. The van der Waals surface area contributed by atoms with Gasteiger partial charge in [0.2, 0.25) is 0 Å². The standard InChI is InChI=1S/C18H22N2O5/c21-17(19-10-4-7-13-5-1-2-9-16(13)19)12-25-18(22)14-6-3-8-15(11-14)20(23)24/h3,6,8,11,13,16H,1-2,4-5,7,9-10,12H2/t13-,16+/m1/s1. The molecule has 1 aliphatic carbocycles. The lowest BCUT2D eigenvalue weighted by Crippen LogP contribution is -2.50. The number of likely N-dealkylation sites (tertiary alicyclic amines) is 1. The van der Waals surface area contributed by atoms with Crippen molar-refractivity contribution in [3.63, 3.8) is 0 Å². The number of nitrogens with zero attached hydrogens (tertiary/aromatic N) is 2. The highest BCUT2D eigenvalue weighted by Crippen LogP contribution is 2.35. The van der Waals surface area contributed by atoms with Gasteiger partial charge in [-0.05, 0) is 37.7 Å². The highest BCUT2D eigenvalue weighted by molar-refractivity contribution is 5.92. The number of nitro benzene ring substituents is 1. The molecule has 7 heteroatoms. The van der Waals surface area contributed by atoms with Crippen molar-refractivity contribution in [1.82, 2.24) is 4.90 Å². The number of hydrogen-bond acceptors (Lipinski definition) is 5. The summed E-state index contributed by atoms with van der Waals surface area (Å²) in [5.74, 6) is -0.316. The maximum Gasteiger partial charge on any atom is 0.338 e. The van der Waals surface area contributed by atoms with Crippen molar-refractivity contribution in [2.75, 3.05) is 13.2 Å². The second-order valence-electron chi connectivity index (χ2n) is 6.72. The largest absolute Gasteiger partial charge is 0.452 e. The second-order valence-corrected chi connectivity index (χ2v) is 6.72. The van der Waals surface area contributed by atoms with E-state index in [9.17, 15) is 19.7 Å². The van der Waals surface area contributed by atoms with Crippen LogP contribution in [0.15, 0.2) is 24.3 Å². The summed E-state index contributed by atoms with van der Waals surface area (Å²) in [5, 5.41) is 10.8. The average molecular weight is 346 g/mol. The molecule has 7 nitrogen and oxygen atoms in total. The Morgan fingerprint density at radius 2 is 1.96 bits per heavy atom. The molecule has 0 unspecified atom stereocenters. The predicted molar refractivity (Wildman–Crippen MR) is 90.1 cm³/mol. The Bertz CT molecular complexity index is 673. The molecule has 1 aliphatic heterocycles. The number of esters is 1. The summed E-state index contributed by atoms with van der Waals surface area (Å²) in [5.41, 5.74) is -0.0990. The summed E-state index contributed by atoms with van der Waals surface area (Å²) in [6.07, 6.45) is 6.72. The van der Waals surface area contributed by atoms with Gasteiger partial charge in [0.05, 0.1) is 10.5 Å². The van der Waals surface area contributed by atoms with E-state index >= 15 is 0 Å². The van der Waals surface area contributed by atoms with Crippen molar-refractivity contribution >= 4 is 17.6 Å². The van der Waals surface area contributed by atoms with Crippen LogP contribution in [0.3, 0.4) is 0 Å². The van der Waals surface area contributed by atoms with E-state index in [1.54, 1.807) is 0 Å². The number of rotatable bonds is 4. The first-order chi connectivity index (χ1) is 12.1. The number of nitro groups is 1. The molecule has 25 heavy (non-hydrogen) atoms. The van der Waals surface area contributed by atoms with Gasteiger partial charge in [0, 0.05) is 24.7 Å². The van der Waals surface area contributed by atoms with E-state index < -0.39 is 10.9 Å². The number of hydrogen-bond donors (Lipinski definition) is 0. The summed E-state index contributed by atoms with van der Waals surface area (Å²) < 4.78 is 5.10. The molecule has 0 spiro atoms. The maximum atomic E-state index is 12.5. The van der Waals surface area contributed by atoms with Gasteiger partial charge in [-0.3, -0.25) is 14.9 Å². The second kappa shape index (κ2) is 7.63. The van der Waals surface area contributed by atoms with Gasteiger partial charge in [-0.15, -0.1) is 0 Å². The molecule has 0 N–H and O–H groups in total. The molecule has 134 valence electrons. The number of carbonyl (C=O) groups excluding carboxylic acids is 2. The van der Waals surface area contributed by atoms with Gasteiger partial charge in [0.25, 0.3) is 11.6 Å². The number of piperidine rings is 1. The topological polar surface area (TPSA) is 89.8 Å². The monoisotopic (exact) mass is 346 g/mol. The molecule has 3 rings (SSSR count). The third kappa shape index (κ3) is 3.97. The van der Waals surface area contributed by atoms with Crippen LogP contribution in [0.2, 0.25) is 0 Å². The van der Waals surface area contributed by atoms with Gasteiger partial charge in [0.15, 0.2) is 6.61 Å². The maximum absolute atomic E-state index is 12.5. The number of benzene rings is 1. The summed E-state index contributed by atoms with van der Waals surface area (Å²) >= 11 is 0. The van der Waals surface area contributed by atoms with E-state index in [4.69, 9.17) is 4.74 Å². The van der Waals surface area contributed by atoms with Crippen molar-refractivity contribution < 1.29 is 19.2 Å². The highest BCUT2D eigenvalue weighted by Gasteiger charge is 2.35. The zero-order chi connectivity index (χ0) is 17.8. The van der Waals surface area contributed by atoms with Crippen LogP contribution in [0.25, 0.3) is 0 Å². The fraction of sp³-hybridized carbons (Fsp3) is 0.556. The van der Waals surface area contributed by atoms with Crippen molar-refractivity contribution in [3.8, 4) is 0 Å². The Hall–Kier alpha value is -2.44. The molecule has 1 amide bonds. The number of carbonyl (C=O) groups is 2. The molecule has 2 atom stereocenters. The van der Waals surface area contributed by atoms with Crippen molar-refractivity contribution in [1.29, 1.82) is 0 Å². The molecule has 0 aromatic heterocycles. The molecule has 0 radical (unpaired) electrons. The Morgan fingerprint density at radius 3 is 2.76 bits per heavy atom. The molecule has 2 aliphatic rings. The first-order valence-electron chi connectivity index (χ1n) is 8.77. The summed E-state index contributed by atoms with van der Waals surface area (Å²) in [4.78, 5) is 36.7. The molecule has 1 aromatic carbocycles. The molecule has 0 bridgehead atoms. The number of fused-ring (bicyclic) bond motifs is 1. The third-order valence-electron chi connectivity index (χ3n) is 5.18. The van der Waals surface area contributed by atoms with E-state index in [0.717, 1.165) is 25.3 Å². The molecule has 2 fully saturated rings. The van der Waals surface area contributed by atoms with Gasteiger partial charge in [-0.2, -0.15) is 0 Å². The lowest BCUT2D eigenvalue weighted by molar-refractivity contribution is -0.384. The molecule has 1 aromatic rings. The number of amides is 1. The minimum absolute atomic E-state index is 0.0798. The minimum atomic E-state index is -0.714. The third-order valence-corrected chi connectivity index (χ3v) is 5.18. The Labute approximate surface area is 146 Å². The minimum Gasteiger partial charge on any atom is -0.452 e. The Morgan fingerprint density at radius 1 is 1.20 bits per heavy atom. The van der Waals surface area contributed by atoms with E-state index in [-0.39, 0.29) is 29.8 Å². The normalized spacial score (nSPS) is 22.8. The summed E-state index contributed by atoms with van der Waals surface area (Å²) in [6.45, 7) is 0.402. The molecule has 1 saturated carbocycles. The molecule has 1 heterocycles. The zero-order valence-electron chi connectivity index (χ0n) is 14.1. The van der Waals surface area contributed by atoms with Crippen LogP contribution in [-0.4, -0.2) is 40.9 Å². The molecular weight excluding hydrogens is 324 g/mol. The van der Waals surface area contributed by atoms with Crippen LogP contribution in [-0.2, 0) is 9.53 Å². The fourth-order valence-corrected chi connectivity index (χ4v) is 3.97. The van der Waals surface area contributed by atoms with Crippen molar-refractivity contribution in [2.24, 2.45) is 5.92 Å². The van der Waals surface area contributed by atoms with Gasteiger partial charge in [-0.1, -0.05) is 18.9 Å². The Balaban J connectivity index is 1.59. The molecular formula is C18H22N2O5. The van der Waals surface area contributed by atoms with Gasteiger partial charge in [-0.25, -0.2) is 4.79 Å². The van der Waals surface area contributed by atoms with E-state index in [1.165, 1.54) is 37.5 Å². The van der Waals surface area contributed by atoms with E-state index in [1.807, 2.05) is 4.90 Å². The van der Waals surface area contributed by atoms with Gasteiger partial charge >= 0.3 is 5.97 Å². The van der Waals surface area contributed by atoms with Crippen LogP contribution >= 0.6 is 0 Å². The smallest absolute Gasteiger partial charge is 0.338 e. The number of non-ortho nitro benzene ring substituents is 1.